The highest BCUT2D eigenvalue weighted by Crippen LogP contribution is 2.24. The quantitative estimate of drug-likeness (QED) is 0.796. The number of rotatable bonds is 2. The van der Waals surface area contributed by atoms with Crippen LogP contribution in [0.1, 0.15) is 28.9 Å². The molecule has 2 amide bonds. The summed E-state index contributed by atoms with van der Waals surface area (Å²) >= 11 is 0. The van der Waals surface area contributed by atoms with Crippen LogP contribution in [0.4, 0.5) is 4.39 Å². The maximum Gasteiger partial charge on any atom is 0.255 e. The van der Waals surface area contributed by atoms with Gasteiger partial charge in [0.15, 0.2) is 0 Å². The average molecular weight is 385 g/mol. The van der Waals surface area contributed by atoms with Gasteiger partial charge in [-0.25, -0.2) is 4.39 Å². The van der Waals surface area contributed by atoms with Crippen LogP contribution in [0.3, 0.4) is 0 Å². The highest BCUT2D eigenvalue weighted by atomic mass is 19.1. The smallest absolute Gasteiger partial charge is 0.255 e. The Morgan fingerprint density at radius 1 is 1.14 bits per heavy atom. The number of nitrogens with zero attached hydrogens (tertiary/aromatic N) is 3. The molecule has 0 unspecified atom stereocenters. The van der Waals surface area contributed by atoms with Gasteiger partial charge in [0.2, 0.25) is 5.91 Å². The Bertz CT molecular complexity index is 911. The molecule has 0 radical (unpaired) electrons. The first-order valence-corrected chi connectivity index (χ1v) is 9.75. The number of pyridine rings is 1. The van der Waals surface area contributed by atoms with Crippen LogP contribution in [0, 0.1) is 18.7 Å². The van der Waals surface area contributed by atoms with E-state index in [1.165, 1.54) is 12.1 Å². The Labute approximate surface area is 163 Å². The van der Waals surface area contributed by atoms with E-state index < -0.39 is 0 Å². The number of amides is 2. The van der Waals surface area contributed by atoms with E-state index in [1.807, 2.05) is 4.90 Å². The van der Waals surface area contributed by atoms with Crippen molar-refractivity contribution in [1.29, 1.82) is 0 Å². The number of aryl methyl sites for hydroxylation is 1. The van der Waals surface area contributed by atoms with Gasteiger partial charge in [-0.3, -0.25) is 14.6 Å². The molecule has 28 heavy (non-hydrogen) atoms. The zero-order chi connectivity index (χ0) is 19.7. The fourth-order valence-corrected chi connectivity index (χ4v) is 4.03. The maximum absolute atomic E-state index is 13.4. The van der Waals surface area contributed by atoms with Gasteiger partial charge < -0.3 is 14.5 Å². The SMILES string of the molecule is Cc1nc2cc(F)ccc2cc1C(=O)N1CCC[C@H](C(=O)N2CCOCC2)C1. The number of benzene rings is 1. The van der Waals surface area contributed by atoms with Gasteiger partial charge >= 0.3 is 0 Å². The van der Waals surface area contributed by atoms with Crippen molar-refractivity contribution in [3.63, 3.8) is 0 Å². The molecule has 148 valence electrons. The third-order valence-corrected chi connectivity index (χ3v) is 5.58. The molecule has 0 N–H and O–H groups in total. The van der Waals surface area contributed by atoms with Gasteiger partial charge in [0.25, 0.3) is 5.91 Å². The van der Waals surface area contributed by atoms with Crippen LogP contribution in [0.5, 0.6) is 0 Å². The maximum atomic E-state index is 13.4. The zero-order valence-electron chi connectivity index (χ0n) is 16.0. The van der Waals surface area contributed by atoms with Crippen LogP contribution in [0.15, 0.2) is 24.3 Å². The summed E-state index contributed by atoms with van der Waals surface area (Å²) in [6.07, 6.45) is 1.60. The van der Waals surface area contributed by atoms with Crippen LogP contribution >= 0.6 is 0 Å². The molecule has 2 aliphatic rings. The molecular formula is C21H24FN3O3. The zero-order valence-corrected chi connectivity index (χ0v) is 16.0. The van der Waals surface area contributed by atoms with Crippen molar-refractivity contribution in [2.75, 3.05) is 39.4 Å². The summed E-state index contributed by atoms with van der Waals surface area (Å²) in [6, 6.07) is 6.14. The molecule has 1 aromatic carbocycles. The van der Waals surface area contributed by atoms with Crippen molar-refractivity contribution in [3.8, 4) is 0 Å². The molecule has 7 heteroatoms. The predicted octanol–water partition coefficient (Wildman–Crippen LogP) is 2.39. The Kier molecular flexibility index (Phi) is 5.26. The summed E-state index contributed by atoms with van der Waals surface area (Å²) in [5, 5.41) is 0.730. The van der Waals surface area contributed by atoms with E-state index in [9.17, 15) is 14.0 Å². The largest absolute Gasteiger partial charge is 0.378 e. The van der Waals surface area contributed by atoms with E-state index in [2.05, 4.69) is 4.98 Å². The second kappa shape index (κ2) is 7.83. The van der Waals surface area contributed by atoms with Crippen molar-refractivity contribution >= 4 is 22.7 Å². The number of ether oxygens (including phenoxy) is 1. The normalized spacial score (nSPS) is 20.4. The van der Waals surface area contributed by atoms with Crippen molar-refractivity contribution in [2.45, 2.75) is 19.8 Å². The Morgan fingerprint density at radius 2 is 1.93 bits per heavy atom. The van der Waals surface area contributed by atoms with Gasteiger partial charge in [0.1, 0.15) is 5.82 Å². The predicted molar refractivity (Wildman–Crippen MR) is 102 cm³/mol. The number of fused-ring (bicyclic) bond motifs is 1. The van der Waals surface area contributed by atoms with E-state index in [0.29, 0.717) is 56.2 Å². The number of halogens is 1. The van der Waals surface area contributed by atoms with E-state index in [0.717, 1.165) is 18.2 Å². The van der Waals surface area contributed by atoms with Crippen molar-refractivity contribution in [2.24, 2.45) is 5.92 Å². The van der Waals surface area contributed by atoms with E-state index >= 15 is 0 Å². The molecule has 6 nitrogen and oxygen atoms in total. The van der Waals surface area contributed by atoms with Crippen molar-refractivity contribution < 1.29 is 18.7 Å². The van der Waals surface area contributed by atoms with Crippen LogP contribution < -0.4 is 0 Å². The molecule has 2 aromatic rings. The second-order valence-electron chi connectivity index (χ2n) is 7.49. The third-order valence-electron chi connectivity index (χ3n) is 5.58. The standard InChI is InChI=1S/C21H24FN3O3/c1-14-18(11-15-4-5-17(22)12-19(15)23-14)21(27)25-6-2-3-16(13-25)20(26)24-7-9-28-10-8-24/h4-5,11-12,16H,2-3,6-10,13H2,1H3/t16-/m0/s1. The Balaban J connectivity index is 1.52. The number of piperidine rings is 1. The number of aromatic nitrogens is 1. The van der Waals surface area contributed by atoms with E-state index in [-0.39, 0.29) is 23.5 Å². The van der Waals surface area contributed by atoms with Gasteiger partial charge in [0.05, 0.1) is 35.9 Å². The molecule has 3 heterocycles. The average Bonchev–Trinajstić information content (AvgIpc) is 2.73. The summed E-state index contributed by atoms with van der Waals surface area (Å²) < 4.78 is 18.8. The topological polar surface area (TPSA) is 62.7 Å². The lowest BCUT2D eigenvalue weighted by atomic mass is 9.95. The highest BCUT2D eigenvalue weighted by molar-refractivity contribution is 5.99. The monoisotopic (exact) mass is 385 g/mol. The number of likely N-dealkylation sites (tertiary alicyclic amines) is 1. The first-order valence-electron chi connectivity index (χ1n) is 9.75. The van der Waals surface area contributed by atoms with E-state index in [4.69, 9.17) is 4.74 Å². The summed E-state index contributed by atoms with van der Waals surface area (Å²) in [6.45, 7) is 5.20. The molecule has 1 atom stereocenters. The molecule has 2 saturated heterocycles. The Hall–Kier alpha value is -2.54. The van der Waals surface area contributed by atoms with Gasteiger partial charge in [-0.2, -0.15) is 0 Å². The van der Waals surface area contributed by atoms with Crippen molar-refractivity contribution in [1.82, 2.24) is 14.8 Å². The summed E-state index contributed by atoms with van der Waals surface area (Å²) in [4.78, 5) is 34.0. The fourth-order valence-electron chi connectivity index (χ4n) is 4.03. The van der Waals surface area contributed by atoms with Crippen molar-refractivity contribution in [3.05, 3.63) is 41.3 Å². The summed E-state index contributed by atoms with van der Waals surface area (Å²) in [7, 11) is 0. The van der Waals surface area contributed by atoms with Gasteiger partial charge in [0, 0.05) is 37.6 Å². The number of carbonyl (C=O) groups is 2. The lowest BCUT2D eigenvalue weighted by Gasteiger charge is -2.36. The number of hydrogen-bond donors (Lipinski definition) is 0. The molecule has 0 spiro atoms. The molecule has 0 saturated carbocycles. The minimum atomic E-state index is -0.348. The molecular weight excluding hydrogens is 361 g/mol. The van der Waals surface area contributed by atoms with Crippen LogP contribution in [0.2, 0.25) is 0 Å². The van der Waals surface area contributed by atoms with Crippen LogP contribution in [-0.2, 0) is 9.53 Å². The van der Waals surface area contributed by atoms with Gasteiger partial charge in [-0.15, -0.1) is 0 Å². The third kappa shape index (κ3) is 3.71. The second-order valence-corrected chi connectivity index (χ2v) is 7.49. The minimum absolute atomic E-state index is 0.115. The summed E-state index contributed by atoms with van der Waals surface area (Å²) in [5.74, 6) is -0.516. The molecule has 4 rings (SSSR count). The van der Waals surface area contributed by atoms with Gasteiger partial charge in [-0.1, -0.05) is 0 Å². The lowest BCUT2D eigenvalue weighted by molar-refractivity contribution is -0.141. The minimum Gasteiger partial charge on any atom is -0.378 e. The lowest BCUT2D eigenvalue weighted by Crippen LogP contribution is -2.49. The molecule has 2 aliphatic heterocycles. The molecule has 0 aliphatic carbocycles. The highest BCUT2D eigenvalue weighted by Gasteiger charge is 2.32. The molecule has 0 bridgehead atoms. The number of morpholine rings is 1. The van der Waals surface area contributed by atoms with Crippen LogP contribution in [-0.4, -0.2) is 66.0 Å². The number of carbonyl (C=O) groups excluding carboxylic acids is 2. The Morgan fingerprint density at radius 3 is 2.71 bits per heavy atom. The first kappa shape index (κ1) is 18.8. The first-order chi connectivity index (χ1) is 13.5. The summed E-state index contributed by atoms with van der Waals surface area (Å²) in [5.41, 5.74) is 1.62. The number of hydrogen-bond acceptors (Lipinski definition) is 4. The fraction of sp³-hybridized carbons (Fsp3) is 0.476. The van der Waals surface area contributed by atoms with Gasteiger partial charge in [-0.05, 0) is 38.0 Å². The van der Waals surface area contributed by atoms with Crippen LogP contribution in [0.25, 0.3) is 10.9 Å². The molecule has 2 fully saturated rings. The van der Waals surface area contributed by atoms with E-state index in [1.54, 1.807) is 24.0 Å². The molecule has 1 aromatic heterocycles.